The Morgan fingerprint density at radius 1 is 1.08 bits per heavy atom. The molecule has 0 unspecified atom stereocenters. The number of nitrogens with one attached hydrogen (secondary N) is 1. The molecule has 2 aromatic rings. The van der Waals surface area contributed by atoms with E-state index >= 15 is 0 Å². The predicted molar refractivity (Wildman–Crippen MR) is 121 cm³/mol. The molecule has 0 bridgehead atoms. The van der Waals surface area contributed by atoms with E-state index in [0.717, 1.165) is 25.6 Å². The van der Waals surface area contributed by atoms with Gasteiger partial charge in [-0.15, -0.1) is 0 Å². The Kier molecular flexibility index (Phi) is 7.00. The van der Waals surface area contributed by atoms with Gasteiger partial charge in [0.2, 0.25) is 5.92 Å². The van der Waals surface area contributed by atoms with Crippen molar-refractivity contribution in [3.63, 3.8) is 0 Å². The van der Waals surface area contributed by atoms with Crippen molar-refractivity contribution < 1.29 is 42.2 Å². The number of amides is 2. The fraction of sp³-hybridized carbons (Fsp3) is 0.429. The van der Waals surface area contributed by atoms with E-state index in [1.807, 2.05) is 0 Å². The average Bonchev–Trinajstić information content (AvgIpc) is 2.79. The van der Waals surface area contributed by atoms with Crippen molar-refractivity contribution in [2.45, 2.75) is 60.6 Å². The molecule has 0 spiro atoms. The Morgan fingerprint density at radius 3 is 2.05 bits per heavy atom. The Labute approximate surface area is 211 Å². The van der Waals surface area contributed by atoms with Crippen LogP contribution < -0.4 is 10.2 Å². The molecule has 206 valence electrons. The van der Waals surface area contributed by atoms with Crippen molar-refractivity contribution in [2.75, 3.05) is 4.90 Å². The maximum absolute atomic E-state index is 14.1. The molecule has 3 rings (SSSR count). The first kappa shape index (κ1) is 28.9. The number of anilines is 1. The molecule has 1 heterocycles. The SMILES string of the molecule is C[C@](C(=O)NC1CCC(F)(F)CC1)(c1cncnc1)N(C(=O)[C@H](F)Cl)c1ccc(S(F)(F)(F)(F)F)cc1. The van der Waals surface area contributed by atoms with Crippen LogP contribution in [0.15, 0.2) is 47.9 Å². The first-order chi connectivity index (χ1) is 16.7. The third kappa shape index (κ3) is 6.43. The number of alkyl halides is 4. The number of hydrogen-bond acceptors (Lipinski definition) is 4. The quantitative estimate of drug-likeness (QED) is 0.295. The molecule has 16 heteroatoms. The summed E-state index contributed by atoms with van der Waals surface area (Å²) in [4.78, 5) is 32.1. The van der Waals surface area contributed by atoms with Gasteiger partial charge in [0, 0.05) is 42.5 Å². The lowest BCUT2D eigenvalue weighted by atomic mass is 9.87. The van der Waals surface area contributed by atoms with Crippen molar-refractivity contribution in [2.24, 2.45) is 0 Å². The minimum absolute atomic E-state index is 0.0122. The number of benzene rings is 1. The molecule has 1 aliphatic carbocycles. The van der Waals surface area contributed by atoms with Crippen LogP contribution in [0.1, 0.15) is 38.2 Å². The standard InChI is InChI=1S/C21H21ClF8N4O2S/c1-20(13-10-31-12-32-11-13,19(36)33-14-6-8-21(24,25)9-7-14)34(18(35)17(22)23)15-2-4-16(5-3-15)37(26,27,28,29)30/h2-5,10-12,14,17H,6-9H2,1H3,(H,33,36)/t17-,20+/m0/s1. The van der Waals surface area contributed by atoms with Crippen LogP contribution in [0.4, 0.5) is 38.3 Å². The van der Waals surface area contributed by atoms with Gasteiger partial charge in [0.15, 0.2) is 5.54 Å². The summed E-state index contributed by atoms with van der Waals surface area (Å²) in [6.07, 6.45) is 1.85. The monoisotopic (exact) mass is 580 g/mol. The summed E-state index contributed by atoms with van der Waals surface area (Å²) in [7, 11) is -10.1. The predicted octanol–water partition coefficient (Wildman–Crippen LogP) is 6.61. The smallest absolute Gasteiger partial charge is 0.310 e. The molecule has 37 heavy (non-hydrogen) atoms. The van der Waals surface area contributed by atoms with E-state index in [4.69, 9.17) is 11.6 Å². The van der Waals surface area contributed by atoms with E-state index < -0.39 is 68.6 Å². The summed E-state index contributed by atoms with van der Waals surface area (Å²) in [5.74, 6) is -5.58. The van der Waals surface area contributed by atoms with E-state index in [9.17, 15) is 42.2 Å². The molecule has 0 saturated heterocycles. The van der Waals surface area contributed by atoms with Crippen molar-refractivity contribution in [1.29, 1.82) is 0 Å². The van der Waals surface area contributed by atoms with Gasteiger partial charge in [-0.25, -0.2) is 23.1 Å². The molecule has 6 nitrogen and oxygen atoms in total. The highest BCUT2D eigenvalue weighted by Gasteiger charge is 2.65. The molecule has 1 saturated carbocycles. The van der Waals surface area contributed by atoms with Crippen LogP contribution >= 0.6 is 21.8 Å². The van der Waals surface area contributed by atoms with Gasteiger partial charge in [-0.1, -0.05) is 31.0 Å². The largest absolute Gasteiger partial charge is 0.351 e. The zero-order chi connectivity index (χ0) is 27.9. The Balaban J connectivity index is 2.11. The summed E-state index contributed by atoms with van der Waals surface area (Å²) in [6, 6.07) is 0.117. The van der Waals surface area contributed by atoms with E-state index in [0.29, 0.717) is 17.0 Å². The fourth-order valence-corrected chi connectivity index (χ4v) is 4.73. The van der Waals surface area contributed by atoms with Crippen LogP contribution in [0, 0.1) is 0 Å². The lowest BCUT2D eigenvalue weighted by Gasteiger charge is -2.42. The highest BCUT2D eigenvalue weighted by Crippen LogP contribution is 3.02. The van der Waals surface area contributed by atoms with Crippen LogP contribution in [0.2, 0.25) is 0 Å². The number of hydrogen-bond donors (Lipinski definition) is 1. The summed E-state index contributed by atoms with van der Waals surface area (Å²) in [5, 5.41) is 2.51. The van der Waals surface area contributed by atoms with Gasteiger partial charge >= 0.3 is 10.2 Å². The summed E-state index contributed by atoms with van der Waals surface area (Å²) >= 11 is 5.34. The molecule has 1 aliphatic rings. The zero-order valence-electron chi connectivity index (χ0n) is 19.0. The van der Waals surface area contributed by atoms with Crippen LogP contribution in [-0.2, 0) is 15.1 Å². The van der Waals surface area contributed by atoms with E-state index in [1.54, 1.807) is 0 Å². The third-order valence-electron chi connectivity index (χ3n) is 6.01. The lowest BCUT2D eigenvalue weighted by molar-refractivity contribution is -0.132. The highest BCUT2D eigenvalue weighted by atomic mass is 35.5. The summed E-state index contributed by atoms with van der Waals surface area (Å²) in [5.41, 5.74) is -5.85. The number of carbonyl (C=O) groups is 2. The van der Waals surface area contributed by atoms with E-state index in [-0.39, 0.29) is 30.5 Å². The molecule has 1 fully saturated rings. The summed E-state index contributed by atoms with van der Waals surface area (Å²) < 4.78 is 107. The van der Waals surface area contributed by atoms with Crippen molar-refractivity contribution in [1.82, 2.24) is 15.3 Å². The molecule has 1 aromatic heterocycles. The number of aromatic nitrogens is 2. The van der Waals surface area contributed by atoms with E-state index in [1.165, 1.54) is 0 Å². The van der Waals surface area contributed by atoms with Crippen molar-refractivity contribution in [3.8, 4) is 0 Å². The zero-order valence-corrected chi connectivity index (χ0v) is 20.6. The molecule has 1 N–H and O–H groups in total. The van der Waals surface area contributed by atoms with Gasteiger partial charge in [0.25, 0.3) is 17.4 Å². The van der Waals surface area contributed by atoms with E-state index in [2.05, 4.69) is 15.3 Å². The maximum Gasteiger partial charge on any atom is 0.310 e. The molecule has 0 aliphatic heterocycles. The number of nitrogens with zero attached hydrogens (tertiary/aromatic N) is 3. The lowest BCUT2D eigenvalue weighted by Crippen LogP contribution is -2.60. The Morgan fingerprint density at radius 2 is 1.59 bits per heavy atom. The average molecular weight is 581 g/mol. The molecule has 2 atom stereocenters. The normalized spacial score (nSPS) is 20.6. The van der Waals surface area contributed by atoms with Crippen LogP contribution in [0.3, 0.4) is 0 Å². The van der Waals surface area contributed by atoms with Crippen LogP contribution in [-0.4, -0.2) is 39.4 Å². The second kappa shape index (κ2) is 8.96. The van der Waals surface area contributed by atoms with Gasteiger partial charge in [0.1, 0.15) is 11.2 Å². The Hall–Kier alpha value is -2.68. The van der Waals surface area contributed by atoms with Crippen molar-refractivity contribution >= 4 is 39.3 Å². The third-order valence-corrected chi connectivity index (χ3v) is 7.36. The summed E-state index contributed by atoms with van der Waals surface area (Å²) in [6.45, 7) is 1.08. The van der Waals surface area contributed by atoms with Gasteiger partial charge in [-0.05, 0) is 44.0 Å². The van der Waals surface area contributed by atoms with Crippen LogP contribution in [0.25, 0.3) is 0 Å². The van der Waals surface area contributed by atoms with Gasteiger partial charge in [-0.2, -0.15) is 0 Å². The molecular formula is C21H21ClF8N4O2S. The Bertz CT molecular complexity index is 1160. The second-order valence-corrected chi connectivity index (χ2v) is 11.5. The van der Waals surface area contributed by atoms with Crippen LogP contribution in [0.5, 0.6) is 0 Å². The molecule has 2 amide bonds. The highest BCUT2D eigenvalue weighted by molar-refractivity contribution is 8.45. The number of carbonyl (C=O) groups excluding carboxylic acids is 2. The topological polar surface area (TPSA) is 75.2 Å². The molecular weight excluding hydrogens is 560 g/mol. The first-order valence-corrected chi connectivity index (χ1v) is 13.0. The minimum atomic E-state index is -10.1. The van der Waals surface area contributed by atoms with Gasteiger partial charge < -0.3 is 5.32 Å². The van der Waals surface area contributed by atoms with Gasteiger partial charge in [0.05, 0.1) is 0 Å². The number of rotatable bonds is 7. The first-order valence-electron chi connectivity index (χ1n) is 10.7. The van der Waals surface area contributed by atoms with Gasteiger partial charge in [-0.3, -0.25) is 14.5 Å². The maximum atomic E-state index is 14.1. The fourth-order valence-electron chi connectivity index (χ4n) is 3.98. The minimum Gasteiger partial charge on any atom is -0.351 e. The molecule has 1 aromatic carbocycles. The second-order valence-electron chi connectivity index (χ2n) is 8.74. The number of halogens is 9. The van der Waals surface area contributed by atoms with Crippen molar-refractivity contribution in [3.05, 3.63) is 48.5 Å². The molecule has 0 radical (unpaired) electrons.